The summed E-state index contributed by atoms with van der Waals surface area (Å²) in [5.41, 5.74) is 1.14. The Balaban J connectivity index is 1.41. The Hall–Kier alpha value is -2.44. The topological polar surface area (TPSA) is 78.0 Å². The van der Waals surface area contributed by atoms with Crippen LogP contribution in [0.4, 0.5) is 5.82 Å². The van der Waals surface area contributed by atoms with Gasteiger partial charge >= 0.3 is 0 Å². The summed E-state index contributed by atoms with van der Waals surface area (Å²) in [6.07, 6.45) is 11.1. The van der Waals surface area contributed by atoms with Gasteiger partial charge in [0.15, 0.2) is 0 Å². The van der Waals surface area contributed by atoms with E-state index in [0.29, 0.717) is 5.92 Å². The molecular weight excluding hydrogens is 316 g/mol. The van der Waals surface area contributed by atoms with Gasteiger partial charge in [-0.3, -0.25) is 14.9 Å². The van der Waals surface area contributed by atoms with E-state index in [0.717, 1.165) is 63.4 Å². The summed E-state index contributed by atoms with van der Waals surface area (Å²) in [4.78, 5) is 25.9. The number of likely N-dealkylation sites (tertiary alicyclic amines) is 1. The molecule has 7 heteroatoms. The Bertz CT molecular complexity index is 689. The number of hydrogen-bond acceptors (Lipinski definition) is 5. The predicted molar refractivity (Wildman–Crippen MR) is 94.1 cm³/mol. The first-order valence-electron chi connectivity index (χ1n) is 9.10. The molecule has 1 N–H and O–H groups in total. The second-order valence-electron chi connectivity index (χ2n) is 6.98. The summed E-state index contributed by atoms with van der Waals surface area (Å²) in [5.74, 6) is 1.59. The zero-order valence-electron chi connectivity index (χ0n) is 14.3. The van der Waals surface area contributed by atoms with Gasteiger partial charge in [0.2, 0.25) is 5.91 Å². The van der Waals surface area contributed by atoms with Gasteiger partial charge in [-0.25, -0.2) is 4.98 Å². The van der Waals surface area contributed by atoms with E-state index in [9.17, 15) is 4.79 Å². The minimum Gasteiger partial charge on any atom is -0.355 e. The van der Waals surface area contributed by atoms with Crippen LogP contribution in [0.5, 0.6) is 0 Å². The lowest BCUT2D eigenvalue weighted by atomic mass is 9.91. The number of nitrogens with one attached hydrogen (secondary N) is 1. The molecule has 0 saturated carbocycles. The normalized spacial score (nSPS) is 24.3. The van der Waals surface area contributed by atoms with Gasteiger partial charge in [-0.15, -0.1) is 0 Å². The number of amides is 1. The summed E-state index contributed by atoms with van der Waals surface area (Å²) in [6.45, 7) is 3.34. The molecule has 25 heavy (non-hydrogen) atoms. The quantitative estimate of drug-likeness (QED) is 0.922. The minimum absolute atomic E-state index is 0.0521. The van der Waals surface area contributed by atoms with E-state index >= 15 is 0 Å². The fourth-order valence-electron chi connectivity index (χ4n) is 4.02. The molecule has 2 aromatic heterocycles. The zero-order valence-corrected chi connectivity index (χ0v) is 14.3. The van der Waals surface area contributed by atoms with Gasteiger partial charge < -0.3 is 9.80 Å². The molecule has 4 heterocycles. The molecule has 2 atom stereocenters. The molecule has 7 nitrogen and oxygen atoms in total. The van der Waals surface area contributed by atoms with Crippen molar-refractivity contribution in [1.29, 1.82) is 0 Å². The van der Waals surface area contributed by atoms with Crippen molar-refractivity contribution in [1.82, 2.24) is 25.1 Å². The van der Waals surface area contributed by atoms with Crippen LogP contribution in [0.15, 0.2) is 30.9 Å². The molecule has 132 valence electrons. The molecular formula is C18H24N6O. The SMILES string of the molecule is O=C([C@H]1CCCN(c2cnccn2)C1)N1CCC[C@H](c2ccn[nH]2)C1. The summed E-state index contributed by atoms with van der Waals surface area (Å²) in [6, 6.07) is 2.02. The van der Waals surface area contributed by atoms with Crippen molar-refractivity contribution < 1.29 is 4.79 Å². The Labute approximate surface area is 147 Å². The maximum atomic E-state index is 13.1. The zero-order chi connectivity index (χ0) is 17.1. The lowest BCUT2D eigenvalue weighted by Crippen LogP contribution is -2.47. The van der Waals surface area contributed by atoms with Crippen LogP contribution in [0.25, 0.3) is 0 Å². The van der Waals surface area contributed by atoms with Crippen LogP contribution in [0, 0.1) is 5.92 Å². The maximum Gasteiger partial charge on any atom is 0.227 e. The van der Waals surface area contributed by atoms with Crippen LogP contribution in [-0.2, 0) is 4.79 Å². The molecule has 0 bridgehead atoms. The number of carbonyl (C=O) groups is 1. The third-order valence-electron chi connectivity index (χ3n) is 5.34. The summed E-state index contributed by atoms with van der Waals surface area (Å²) in [5, 5.41) is 7.12. The molecule has 2 fully saturated rings. The van der Waals surface area contributed by atoms with Crippen molar-refractivity contribution >= 4 is 11.7 Å². The van der Waals surface area contributed by atoms with E-state index in [1.54, 1.807) is 24.8 Å². The number of nitrogens with zero attached hydrogens (tertiary/aromatic N) is 5. The van der Waals surface area contributed by atoms with Crippen LogP contribution < -0.4 is 4.90 Å². The number of hydrogen-bond donors (Lipinski definition) is 1. The number of carbonyl (C=O) groups excluding carboxylic acids is 1. The van der Waals surface area contributed by atoms with Crippen molar-refractivity contribution in [2.24, 2.45) is 5.92 Å². The average molecular weight is 340 g/mol. The average Bonchev–Trinajstić information content (AvgIpc) is 3.23. The highest BCUT2D eigenvalue weighted by Crippen LogP contribution is 2.28. The standard InChI is InChI=1S/C18H24N6O/c25-18(24-10-1-3-14(12-24)16-5-6-21-22-16)15-4-2-9-23(13-15)17-11-19-7-8-20-17/h5-8,11,14-15H,1-4,9-10,12-13H2,(H,21,22)/t14-,15-/m0/s1. The largest absolute Gasteiger partial charge is 0.355 e. The van der Waals surface area contributed by atoms with Crippen LogP contribution in [0.2, 0.25) is 0 Å². The number of rotatable bonds is 3. The maximum absolute atomic E-state index is 13.1. The second-order valence-corrected chi connectivity index (χ2v) is 6.98. The fraction of sp³-hybridized carbons (Fsp3) is 0.556. The first kappa shape index (κ1) is 16.1. The highest BCUT2D eigenvalue weighted by molar-refractivity contribution is 5.80. The van der Waals surface area contributed by atoms with Crippen molar-refractivity contribution in [2.75, 3.05) is 31.1 Å². The highest BCUT2D eigenvalue weighted by atomic mass is 16.2. The Kier molecular flexibility index (Phi) is 4.63. The monoisotopic (exact) mass is 340 g/mol. The molecule has 0 aliphatic carbocycles. The van der Waals surface area contributed by atoms with Crippen molar-refractivity contribution in [3.05, 3.63) is 36.5 Å². The van der Waals surface area contributed by atoms with Gasteiger partial charge in [-0.2, -0.15) is 5.10 Å². The van der Waals surface area contributed by atoms with E-state index in [2.05, 4.69) is 30.0 Å². The minimum atomic E-state index is 0.0521. The van der Waals surface area contributed by atoms with Gasteiger partial charge in [0, 0.05) is 56.4 Å². The van der Waals surface area contributed by atoms with E-state index in [-0.39, 0.29) is 11.8 Å². The number of piperidine rings is 2. The molecule has 0 aromatic carbocycles. The third-order valence-corrected chi connectivity index (χ3v) is 5.34. The van der Waals surface area contributed by atoms with Gasteiger partial charge in [-0.1, -0.05) is 0 Å². The number of anilines is 1. The molecule has 1 amide bonds. The van der Waals surface area contributed by atoms with E-state index < -0.39 is 0 Å². The Morgan fingerprint density at radius 1 is 1.12 bits per heavy atom. The molecule has 4 rings (SSSR count). The molecule has 0 unspecified atom stereocenters. The van der Waals surface area contributed by atoms with E-state index in [1.807, 2.05) is 6.07 Å². The number of aromatic amines is 1. The fourth-order valence-corrected chi connectivity index (χ4v) is 4.02. The molecule has 2 aromatic rings. The molecule has 2 saturated heterocycles. The highest BCUT2D eigenvalue weighted by Gasteiger charge is 2.33. The van der Waals surface area contributed by atoms with E-state index in [1.165, 1.54) is 0 Å². The smallest absolute Gasteiger partial charge is 0.227 e. The Morgan fingerprint density at radius 2 is 2.04 bits per heavy atom. The Morgan fingerprint density at radius 3 is 2.84 bits per heavy atom. The van der Waals surface area contributed by atoms with Gasteiger partial charge in [0.05, 0.1) is 12.1 Å². The predicted octanol–water partition coefficient (Wildman–Crippen LogP) is 1.82. The molecule has 2 aliphatic rings. The van der Waals surface area contributed by atoms with Crippen LogP contribution in [0.1, 0.15) is 37.3 Å². The first-order valence-corrected chi connectivity index (χ1v) is 9.10. The van der Waals surface area contributed by atoms with Crippen molar-refractivity contribution in [2.45, 2.75) is 31.6 Å². The van der Waals surface area contributed by atoms with Crippen molar-refractivity contribution in [3.8, 4) is 0 Å². The second kappa shape index (κ2) is 7.21. The number of aromatic nitrogens is 4. The van der Waals surface area contributed by atoms with Gasteiger partial charge in [-0.05, 0) is 31.7 Å². The van der Waals surface area contributed by atoms with Crippen LogP contribution >= 0.6 is 0 Å². The van der Waals surface area contributed by atoms with E-state index in [4.69, 9.17) is 0 Å². The van der Waals surface area contributed by atoms with Crippen LogP contribution in [-0.4, -0.2) is 57.2 Å². The molecule has 0 spiro atoms. The summed E-state index contributed by atoms with van der Waals surface area (Å²) >= 11 is 0. The summed E-state index contributed by atoms with van der Waals surface area (Å²) in [7, 11) is 0. The molecule has 0 radical (unpaired) electrons. The third kappa shape index (κ3) is 3.50. The lowest BCUT2D eigenvalue weighted by Gasteiger charge is -2.38. The number of H-pyrrole nitrogens is 1. The van der Waals surface area contributed by atoms with Gasteiger partial charge in [0.25, 0.3) is 0 Å². The van der Waals surface area contributed by atoms with Crippen LogP contribution in [0.3, 0.4) is 0 Å². The summed E-state index contributed by atoms with van der Waals surface area (Å²) < 4.78 is 0. The lowest BCUT2D eigenvalue weighted by molar-refractivity contribution is -0.137. The van der Waals surface area contributed by atoms with Crippen molar-refractivity contribution in [3.63, 3.8) is 0 Å². The first-order chi connectivity index (χ1) is 12.3. The molecule has 2 aliphatic heterocycles. The van der Waals surface area contributed by atoms with Gasteiger partial charge in [0.1, 0.15) is 5.82 Å².